The molecule has 0 aromatic heterocycles. The van der Waals surface area contributed by atoms with Crippen molar-refractivity contribution < 1.29 is 56.0 Å². The second-order valence-corrected chi connectivity index (χ2v) is 4.72. The van der Waals surface area contributed by atoms with Gasteiger partial charge in [-0.25, -0.2) is 0 Å². The topological polar surface area (TPSA) is 3.01 Å². The summed E-state index contributed by atoms with van der Waals surface area (Å²) in [5.74, 6) is 0. The Kier molecular flexibility index (Phi) is 33.1. The molecule has 0 rings (SSSR count). The summed E-state index contributed by atoms with van der Waals surface area (Å²) in [7, 11) is 0. The van der Waals surface area contributed by atoms with Crippen LogP contribution in [-0.4, -0.2) is 23.9 Å². The number of hydrogen-bond donors (Lipinski definition) is 0. The number of unbranched alkanes of at least 4 members (excludes halogenated alkanes) is 7. The van der Waals surface area contributed by atoms with Gasteiger partial charge in [0.05, 0.1) is 6.54 Å². The maximum atomic E-state index is 3.94. The van der Waals surface area contributed by atoms with E-state index in [9.17, 15) is 0 Å². The van der Waals surface area contributed by atoms with Gasteiger partial charge in [0.2, 0.25) is 0 Å². The zero-order valence-corrected chi connectivity index (χ0v) is 18.0. The molecule has 0 unspecified atom stereocenters. The molecule has 0 aromatic rings. The van der Waals surface area contributed by atoms with Crippen molar-refractivity contribution in [2.24, 2.45) is 0 Å². The standard InChI is InChI=1S/C16H31N.C2H6.K/c1-4-7-9-11-13-16-17(14-6-3)15-12-10-8-5-2;1-2;/h2-14,16H2,1H3;1-2H3;/q-2;;+1. The Hall–Kier alpha value is 1.31. The molecule has 0 aromatic carbocycles. The van der Waals surface area contributed by atoms with E-state index in [0.717, 1.165) is 25.8 Å². The SMILES string of the molecule is CC.[CH2-]CCCC[C-]=[N+](CC[CH2-])CCCCCCC.[K+]. The fourth-order valence-corrected chi connectivity index (χ4v) is 1.91. The van der Waals surface area contributed by atoms with Gasteiger partial charge in [0.15, 0.2) is 0 Å². The van der Waals surface area contributed by atoms with Gasteiger partial charge in [0, 0.05) is 6.42 Å². The van der Waals surface area contributed by atoms with Gasteiger partial charge in [-0.15, -0.1) is 12.8 Å². The van der Waals surface area contributed by atoms with Crippen LogP contribution in [0.3, 0.4) is 0 Å². The first-order valence-electron chi connectivity index (χ1n) is 8.42. The van der Waals surface area contributed by atoms with Crippen LogP contribution in [0, 0.1) is 13.8 Å². The van der Waals surface area contributed by atoms with E-state index in [1.54, 1.807) is 0 Å². The first kappa shape index (κ1) is 26.2. The molecule has 0 N–H and O–H groups in total. The molecule has 2 heteroatoms. The van der Waals surface area contributed by atoms with Crippen molar-refractivity contribution in [2.45, 2.75) is 85.0 Å². The Balaban J connectivity index is -0.000000916. The third kappa shape index (κ3) is 21.6. The molecule has 0 heterocycles. The van der Waals surface area contributed by atoms with Crippen LogP contribution in [0.5, 0.6) is 0 Å². The Morgan fingerprint density at radius 1 is 0.800 bits per heavy atom. The second-order valence-electron chi connectivity index (χ2n) is 4.72. The molecule has 0 atom stereocenters. The summed E-state index contributed by atoms with van der Waals surface area (Å²) in [5.41, 5.74) is 0. The largest absolute Gasteiger partial charge is 1.00 e. The zero-order valence-electron chi connectivity index (χ0n) is 14.8. The quantitative estimate of drug-likeness (QED) is 0.171. The molecule has 0 fully saturated rings. The minimum atomic E-state index is 0. The van der Waals surface area contributed by atoms with Crippen LogP contribution in [0.4, 0.5) is 0 Å². The molecule has 1 nitrogen and oxygen atoms in total. The summed E-state index contributed by atoms with van der Waals surface area (Å²) in [6, 6.07) is 0. The normalized spacial score (nSPS) is 10.6. The Morgan fingerprint density at radius 2 is 1.45 bits per heavy atom. The van der Waals surface area contributed by atoms with Gasteiger partial charge < -0.3 is 18.4 Å². The summed E-state index contributed by atoms with van der Waals surface area (Å²) >= 11 is 0. The minimum Gasteiger partial charge on any atom is -0.415 e. The minimum absolute atomic E-state index is 0. The summed E-state index contributed by atoms with van der Waals surface area (Å²) in [6.45, 7) is 16.3. The molecular formula is C18H37KN-. The van der Waals surface area contributed by atoms with E-state index in [1.807, 2.05) is 13.8 Å². The Morgan fingerprint density at radius 3 is 2.00 bits per heavy atom. The predicted octanol–water partition coefficient (Wildman–Crippen LogP) is 2.57. The monoisotopic (exact) mass is 306 g/mol. The van der Waals surface area contributed by atoms with Crippen LogP contribution in [-0.2, 0) is 0 Å². The van der Waals surface area contributed by atoms with E-state index in [1.165, 1.54) is 51.5 Å². The van der Waals surface area contributed by atoms with Crippen LogP contribution in [0.15, 0.2) is 0 Å². The summed E-state index contributed by atoms with van der Waals surface area (Å²) in [6.07, 6.45) is 15.8. The third-order valence-corrected chi connectivity index (χ3v) is 2.97. The molecular weight excluding hydrogens is 269 g/mol. The number of rotatable bonds is 12. The van der Waals surface area contributed by atoms with Crippen molar-refractivity contribution in [3.63, 3.8) is 0 Å². The first-order valence-corrected chi connectivity index (χ1v) is 8.42. The Bertz CT molecular complexity index is 178. The fraction of sp³-hybridized carbons (Fsp3) is 0.833. The van der Waals surface area contributed by atoms with E-state index >= 15 is 0 Å². The smallest absolute Gasteiger partial charge is 0.415 e. The summed E-state index contributed by atoms with van der Waals surface area (Å²) < 4.78 is 2.35. The van der Waals surface area contributed by atoms with E-state index in [0.29, 0.717) is 0 Å². The third-order valence-electron chi connectivity index (χ3n) is 2.97. The molecule has 0 bridgehead atoms. The fourth-order valence-electron chi connectivity index (χ4n) is 1.91. The maximum Gasteiger partial charge on any atom is 1.00 e. The van der Waals surface area contributed by atoms with Crippen LogP contribution in [0.1, 0.15) is 85.0 Å². The van der Waals surface area contributed by atoms with E-state index < -0.39 is 0 Å². The van der Waals surface area contributed by atoms with Crippen molar-refractivity contribution in [3.05, 3.63) is 13.8 Å². The van der Waals surface area contributed by atoms with Crippen molar-refractivity contribution in [3.8, 4) is 0 Å². The number of hydrogen-bond acceptors (Lipinski definition) is 0. The molecule has 0 saturated carbocycles. The van der Waals surface area contributed by atoms with E-state index in [-0.39, 0.29) is 51.4 Å². The van der Waals surface area contributed by atoms with Gasteiger partial charge >= 0.3 is 51.4 Å². The van der Waals surface area contributed by atoms with Crippen molar-refractivity contribution in [1.29, 1.82) is 0 Å². The molecule has 0 spiro atoms. The van der Waals surface area contributed by atoms with Gasteiger partial charge in [0.1, 0.15) is 6.54 Å². The second kappa shape index (κ2) is 25.3. The molecule has 0 aliphatic heterocycles. The molecule has 0 radical (unpaired) electrons. The van der Waals surface area contributed by atoms with Crippen LogP contribution >= 0.6 is 0 Å². The molecule has 0 saturated heterocycles. The van der Waals surface area contributed by atoms with Crippen LogP contribution in [0.2, 0.25) is 0 Å². The van der Waals surface area contributed by atoms with Gasteiger partial charge in [-0.1, -0.05) is 52.9 Å². The summed E-state index contributed by atoms with van der Waals surface area (Å²) in [5, 5.41) is 0. The Labute approximate surface area is 172 Å². The predicted molar refractivity (Wildman–Crippen MR) is 88.9 cm³/mol. The van der Waals surface area contributed by atoms with Gasteiger partial charge in [-0.2, -0.15) is 12.6 Å². The van der Waals surface area contributed by atoms with Gasteiger partial charge in [0.25, 0.3) is 0 Å². The molecule has 0 aliphatic rings. The van der Waals surface area contributed by atoms with Gasteiger partial charge in [-0.05, 0) is 6.42 Å². The van der Waals surface area contributed by atoms with Crippen molar-refractivity contribution in [2.75, 3.05) is 13.1 Å². The number of nitrogens with zero attached hydrogens (tertiary/aromatic N) is 1. The van der Waals surface area contributed by atoms with Crippen molar-refractivity contribution in [1.82, 2.24) is 0 Å². The van der Waals surface area contributed by atoms with Crippen LogP contribution < -0.4 is 51.4 Å². The van der Waals surface area contributed by atoms with Crippen molar-refractivity contribution >= 4 is 6.21 Å². The molecule has 0 aliphatic carbocycles. The first-order chi connectivity index (χ1) is 9.35. The molecule has 116 valence electrons. The molecule has 0 amide bonds. The zero-order chi connectivity index (χ0) is 14.8. The van der Waals surface area contributed by atoms with E-state index in [2.05, 4.69) is 31.6 Å². The molecule has 20 heavy (non-hydrogen) atoms. The summed E-state index contributed by atoms with van der Waals surface area (Å²) in [4.78, 5) is 0. The van der Waals surface area contributed by atoms with Crippen LogP contribution in [0.25, 0.3) is 0 Å². The van der Waals surface area contributed by atoms with E-state index in [4.69, 9.17) is 0 Å². The average molecular weight is 307 g/mol. The maximum absolute atomic E-state index is 3.94. The average Bonchev–Trinajstić information content (AvgIpc) is 2.45. The van der Waals surface area contributed by atoms with Gasteiger partial charge in [-0.3, -0.25) is 0 Å².